The standard InChI is InChI=1S/C17H35N/c1-16(2,14-18)13-17(3,4)15-11-9-7-5-6-8-10-12-15/h15H,5-14,18H2,1-4H3. The highest BCUT2D eigenvalue weighted by molar-refractivity contribution is 4.85. The Morgan fingerprint density at radius 3 is 1.72 bits per heavy atom. The van der Waals surface area contributed by atoms with Crippen LogP contribution in [0.1, 0.15) is 85.5 Å². The normalized spacial score (nSPS) is 21.2. The van der Waals surface area contributed by atoms with E-state index < -0.39 is 0 Å². The fraction of sp³-hybridized carbons (Fsp3) is 1.00. The van der Waals surface area contributed by atoms with E-state index in [1.807, 2.05) is 0 Å². The fourth-order valence-electron chi connectivity index (χ4n) is 3.86. The maximum atomic E-state index is 5.92. The van der Waals surface area contributed by atoms with Gasteiger partial charge >= 0.3 is 0 Å². The van der Waals surface area contributed by atoms with Gasteiger partial charge in [0.1, 0.15) is 0 Å². The van der Waals surface area contributed by atoms with Crippen LogP contribution in [0.25, 0.3) is 0 Å². The summed E-state index contributed by atoms with van der Waals surface area (Å²) in [6, 6.07) is 0. The molecule has 0 aliphatic heterocycles. The molecule has 1 nitrogen and oxygen atoms in total. The molecular formula is C17H35N. The summed E-state index contributed by atoms with van der Waals surface area (Å²) < 4.78 is 0. The van der Waals surface area contributed by atoms with Crippen LogP contribution < -0.4 is 5.73 Å². The van der Waals surface area contributed by atoms with E-state index in [1.165, 1.54) is 57.8 Å². The monoisotopic (exact) mass is 253 g/mol. The van der Waals surface area contributed by atoms with E-state index in [9.17, 15) is 0 Å². The average Bonchev–Trinajstić information content (AvgIpc) is 2.41. The first-order chi connectivity index (χ1) is 8.37. The molecule has 0 radical (unpaired) electrons. The molecule has 2 N–H and O–H groups in total. The maximum Gasteiger partial charge on any atom is -0.00256 e. The van der Waals surface area contributed by atoms with Gasteiger partial charge in [0.2, 0.25) is 0 Å². The van der Waals surface area contributed by atoms with Crippen molar-refractivity contribution in [2.24, 2.45) is 22.5 Å². The van der Waals surface area contributed by atoms with Crippen molar-refractivity contribution >= 4 is 0 Å². The van der Waals surface area contributed by atoms with E-state index in [4.69, 9.17) is 5.73 Å². The number of hydrogen-bond donors (Lipinski definition) is 1. The topological polar surface area (TPSA) is 26.0 Å². The molecule has 1 aliphatic carbocycles. The zero-order valence-corrected chi connectivity index (χ0v) is 13.2. The predicted molar refractivity (Wildman–Crippen MR) is 81.7 cm³/mol. The van der Waals surface area contributed by atoms with Gasteiger partial charge in [0.25, 0.3) is 0 Å². The molecule has 1 fully saturated rings. The molecule has 1 saturated carbocycles. The molecule has 0 atom stereocenters. The first-order valence-electron chi connectivity index (χ1n) is 8.07. The van der Waals surface area contributed by atoms with Crippen LogP contribution in [0.4, 0.5) is 0 Å². The molecule has 0 aromatic heterocycles. The summed E-state index contributed by atoms with van der Waals surface area (Å²) in [7, 11) is 0. The van der Waals surface area contributed by atoms with Gasteiger partial charge in [-0.05, 0) is 42.6 Å². The van der Waals surface area contributed by atoms with Gasteiger partial charge in [-0.2, -0.15) is 0 Å². The van der Waals surface area contributed by atoms with Crippen molar-refractivity contribution in [3.05, 3.63) is 0 Å². The van der Waals surface area contributed by atoms with Crippen LogP contribution in [-0.4, -0.2) is 6.54 Å². The molecule has 1 aliphatic rings. The van der Waals surface area contributed by atoms with Crippen LogP contribution in [0.2, 0.25) is 0 Å². The molecule has 0 heterocycles. The largest absolute Gasteiger partial charge is 0.330 e. The molecule has 0 aromatic carbocycles. The molecule has 1 heteroatoms. The summed E-state index contributed by atoms with van der Waals surface area (Å²) in [5.74, 6) is 0.904. The second-order valence-corrected chi connectivity index (χ2v) is 7.93. The van der Waals surface area contributed by atoms with Crippen LogP contribution in [0.15, 0.2) is 0 Å². The quantitative estimate of drug-likeness (QED) is 0.737. The van der Waals surface area contributed by atoms with E-state index in [0.29, 0.717) is 10.8 Å². The Balaban J connectivity index is 2.61. The van der Waals surface area contributed by atoms with Crippen LogP contribution in [-0.2, 0) is 0 Å². The molecule has 1 rings (SSSR count). The summed E-state index contributed by atoms with van der Waals surface area (Å²) in [6.45, 7) is 10.4. The number of rotatable bonds is 4. The van der Waals surface area contributed by atoms with Crippen molar-refractivity contribution in [3.8, 4) is 0 Å². The third kappa shape index (κ3) is 5.30. The van der Waals surface area contributed by atoms with Crippen molar-refractivity contribution in [2.45, 2.75) is 85.5 Å². The lowest BCUT2D eigenvalue weighted by molar-refractivity contribution is 0.108. The smallest absolute Gasteiger partial charge is 0.00256 e. The SMILES string of the molecule is CC(C)(CN)CC(C)(C)C1CCCCCCCC1. The first-order valence-corrected chi connectivity index (χ1v) is 8.07. The molecule has 0 aromatic rings. The number of nitrogens with two attached hydrogens (primary N) is 1. The summed E-state index contributed by atoms with van der Waals surface area (Å²) in [6.07, 6.45) is 12.8. The molecule has 0 bridgehead atoms. The van der Waals surface area contributed by atoms with Gasteiger partial charge in [-0.25, -0.2) is 0 Å². The summed E-state index contributed by atoms with van der Waals surface area (Å²) in [5.41, 5.74) is 6.67. The van der Waals surface area contributed by atoms with E-state index in [0.717, 1.165) is 12.5 Å². The lowest BCUT2D eigenvalue weighted by Crippen LogP contribution is -2.34. The van der Waals surface area contributed by atoms with Crippen molar-refractivity contribution < 1.29 is 0 Å². The maximum absolute atomic E-state index is 5.92. The Hall–Kier alpha value is -0.0400. The average molecular weight is 253 g/mol. The summed E-state index contributed by atoms with van der Waals surface area (Å²) in [4.78, 5) is 0. The molecule has 18 heavy (non-hydrogen) atoms. The van der Waals surface area contributed by atoms with Crippen molar-refractivity contribution in [3.63, 3.8) is 0 Å². The van der Waals surface area contributed by atoms with Gasteiger partial charge in [0, 0.05) is 0 Å². The van der Waals surface area contributed by atoms with Crippen molar-refractivity contribution in [1.82, 2.24) is 0 Å². The van der Waals surface area contributed by atoms with Gasteiger partial charge in [-0.15, -0.1) is 0 Å². The van der Waals surface area contributed by atoms with E-state index in [-0.39, 0.29) is 0 Å². The van der Waals surface area contributed by atoms with Crippen molar-refractivity contribution in [1.29, 1.82) is 0 Å². The third-order valence-electron chi connectivity index (χ3n) is 4.95. The molecular weight excluding hydrogens is 218 g/mol. The Morgan fingerprint density at radius 1 is 0.833 bits per heavy atom. The molecule has 108 valence electrons. The Bertz CT molecular complexity index is 220. The zero-order valence-electron chi connectivity index (χ0n) is 13.2. The molecule has 0 unspecified atom stereocenters. The van der Waals surface area contributed by atoms with Gasteiger partial charge < -0.3 is 5.73 Å². The van der Waals surface area contributed by atoms with Crippen LogP contribution >= 0.6 is 0 Å². The van der Waals surface area contributed by atoms with E-state index in [2.05, 4.69) is 27.7 Å². The Kier molecular flexibility index (Phi) is 6.17. The Morgan fingerprint density at radius 2 is 1.28 bits per heavy atom. The van der Waals surface area contributed by atoms with E-state index >= 15 is 0 Å². The van der Waals surface area contributed by atoms with Gasteiger partial charge in [-0.1, -0.05) is 66.2 Å². The highest BCUT2D eigenvalue weighted by atomic mass is 14.6. The van der Waals surface area contributed by atoms with Gasteiger partial charge in [-0.3, -0.25) is 0 Å². The second-order valence-electron chi connectivity index (χ2n) is 7.93. The minimum Gasteiger partial charge on any atom is -0.330 e. The Labute approximate surface area is 115 Å². The fourth-order valence-corrected chi connectivity index (χ4v) is 3.86. The minimum atomic E-state index is 0.294. The lowest BCUT2D eigenvalue weighted by atomic mass is 9.65. The highest BCUT2D eigenvalue weighted by Gasteiger charge is 2.34. The van der Waals surface area contributed by atoms with Crippen molar-refractivity contribution in [2.75, 3.05) is 6.54 Å². The zero-order chi connectivity index (χ0) is 13.6. The van der Waals surface area contributed by atoms with Crippen LogP contribution in [0, 0.1) is 16.7 Å². The minimum absolute atomic E-state index is 0.294. The highest BCUT2D eigenvalue weighted by Crippen LogP contribution is 2.43. The predicted octanol–water partition coefficient (Wildman–Crippen LogP) is 5.14. The summed E-state index contributed by atoms with van der Waals surface area (Å²) in [5, 5.41) is 0. The van der Waals surface area contributed by atoms with Crippen LogP contribution in [0.5, 0.6) is 0 Å². The third-order valence-corrected chi connectivity index (χ3v) is 4.95. The summed E-state index contributed by atoms with van der Waals surface area (Å²) >= 11 is 0. The van der Waals surface area contributed by atoms with Crippen LogP contribution in [0.3, 0.4) is 0 Å². The van der Waals surface area contributed by atoms with E-state index in [1.54, 1.807) is 0 Å². The molecule has 0 spiro atoms. The first kappa shape index (κ1) is 16.0. The molecule has 0 saturated heterocycles. The lowest BCUT2D eigenvalue weighted by Gasteiger charge is -2.40. The van der Waals surface area contributed by atoms with Gasteiger partial charge in [0.15, 0.2) is 0 Å². The van der Waals surface area contributed by atoms with Gasteiger partial charge in [0.05, 0.1) is 0 Å². The molecule has 0 amide bonds. The number of hydrogen-bond acceptors (Lipinski definition) is 1. The second kappa shape index (κ2) is 6.93.